The quantitative estimate of drug-likeness (QED) is 0.0908. The fourth-order valence-electron chi connectivity index (χ4n) is 18.3. The van der Waals surface area contributed by atoms with E-state index in [0.717, 1.165) is 172 Å². The molecule has 0 aliphatic carbocycles. The van der Waals surface area contributed by atoms with Crippen molar-refractivity contribution >= 4 is 110 Å². The molecule has 0 saturated carbocycles. The number of aromatic nitrogens is 10. The maximum Gasteiger partial charge on any atom is 0.227 e. The van der Waals surface area contributed by atoms with Gasteiger partial charge in [-0.25, -0.2) is 47.8 Å². The molecule has 684 valence electrons. The van der Waals surface area contributed by atoms with E-state index in [0.29, 0.717) is 90.1 Å². The summed E-state index contributed by atoms with van der Waals surface area (Å²) in [5.41, 5.74) is 28.6. The van der Waals surface area contributed by atoms with E-state index in [-0.39, 0.29) is 16.7 Å². The number of hydrogen-bond donors (Lipinski definition) is 0. The highest BCUT2D eigenvalue weighted by Crippen LogP contribution is 2.45. The third kappa shape index (κ3) is 17.7. The molecule has 20 aromatic rings. The van der Waals surface area contributed by atoms with E-state index < -0.39 is 75.5 Å². The van der Waals surface area contributed by atoms with Gasteiger partial charge in [-0.05, 0) is 247 Å². The zero-order valence-electron chi connectivity index (χ0n) is 103. The maximum absolute atomic E-state index is 8.66. The molecule has 0 aliphatic rings. The average molecular weight is 1800 g/mol. The SMILES string of the molecule is [2H]C(C)(C)c1cc(-c2c(C)ccc3c2oc2nc(C)ccc23)[n+](C)cc1C([2H])([2H])C([2H])([2H])[2H].[2H]C(C)c1cc(-c2c(C)ccc3c2oc2nc(C)ccc23)[n+](C)cc1C([2H])([2H])C.[2H]C([2H])(C)c1c[n+](C)c(-c2c(C)ccc3c2oc2nc(C)ccc23)cc1C([2H])(C)C.[2H]C([2H])(C)c1c[n+](C)c(-c2c(C)ccc3c2oc2nc(C)ccc23)cc1C([2H])(C)C.[2H]C([2H])(C)c1cc(-c2c(C)ccc3c2oc2nc(C)ccc23)[n+](C)cc1C([2H])(C)C([2H])([2H])[2H]. The van der Waals surface area contributed by atoms with Crippen molar-refractivity contribution < 1.29 is 73.7 Å². The van der Waals surface area contributed by atoms with Crippen molar-refractivity contribution in [1.29, 1.82) is 0 Å². The van der Waals surface area contributed by atoms with Crippen LogP contribution in [0.4, 0.5) is 0 Å². The second-order valence-corrected chi connectivity index (χ2v) is 35.8. The first-order valence-electron chi connectivity index (χ1n) is 55.8. The summed E-state index contributed by atoms with van der Waals surface area (Å²) in [7, 11) is 9.25. The third-order valence-electron chi connectivity index (χ3n) is 25.5. The van der Waals surface area contributed by atoms with Gasteiger partial charge in [-0.2, -0.15) is 0 Å². The molecule has 0 bridgehead atoms. The van der Waals surface area contributed by atoms with Gasteiger partial charge in [0, 0.05) is 169 Å². The average Bonchev–Trinajstić information content (AvgIpc) is 1.64. The van der Waals surface area contributed by atoms with Crippen molar-refractivity contribution in [2.75, 3.05) is 0 Å². The summed E-state index contributed by atoms with van der Waals surface area (Å²) in [4.78, 5) is 22.7. The van der Waals surface area contributed by atoms with E-state index in [9.17, 15) is 0 Å². The zero-order chi connectivity index (χ0) is 114. The Bertz CT molecular complexity index is 8620. The van der Waals surface area contributed by atoms with Gasteiger partial charge in [0.15, 0.2) is 58.9 Å². The number of rotatable bonds is 15. The molecule has 2 unspecified atom stereocenters. The van der Waals surface area contributed by atoms with E-state index in [2.05, 4.69) is 61.3 Å². The van der Waals surface area contributed by atoms with Gasteiger partial charge in [-0.1, -0.05) is 157 Å². The van der Waals surface area contributed by atoms with Gasteiger partial charge in [0.2, 0.25) is 57.0 Å². The Kier molecular flexibility index (Phi) is 20.1. The highest BCUT2D eigenvalue weighted by molar-refractivity contribution is 6.13. The Balaban J connectivity index is 0.000000137. The topological polar surface area (TPSA) is 150 Å². The summed E-state index contributed by atoms with van der Waals surface area (Å²) in [6.07, 6.45) is -1.15. The Morgan fingerprint density at radius 3 is 0.739 bits per heavy atom. The van der Waals surface area contributed by atoms with Gasteiger partial charge in [0.1, 0.15) is 35.2 Å². The van der Waals surface area contributed by atoms with Crippen molar-refractivity contribution in [3.05, 3.63) is 295 Å². The van der Waals surface area contributed by atoms with Crippen LogP contribution in [0.25, 0.3) is 167 Å². The predicted molar refractivity (Wildman–Crippen MR) is 551 cm³/mol. The molecule has 15 aromatic heterocycles. The molecule has 0 aliphatic heterocycles. The lowest BCUT2D eigenvalue weighted by atomic mass is 9.93. The molecule has 0 radical (unpaired) electrons. The highest BCUT2D eigenvalue weighted by atomic mass is 16.4. The summed E-state index contributed by atoms with van der Waals surface area (Å²) < 4.78 is 213. The molecule has 0 fully saturated rings. The molecule has 15 nitrogen and oxygen atoms in total. The smallest absolute Gasteiger partial charge is 0.227 e. The van der Waals surface area contributed by atoms with Crippen LogP contribution in [0.5, 0.6) is 0 Å². The van der Waals surface area contributed by atoms with Crippen molar-refractivity contribution in [3.63, 3.8) is 0 Å². The van der Waals surface area contributed by atoms with Crippen molar-refractivity contribution in [2.45, 2.75) is 228 Å². The summed E-state index contributed by atoms with van der Waals surface area (Å²) >= 11 is 0. The van der Waals surface area contributed by atoms with Gasteiger partial charge in [-0.15, -0.1) is 0 Å². The van der Waals surface area contributed by atoms with Gasteiger partial charge in [-0.3, -0.25) is 0 Å². The van der Waals surface area contributed by atoms with Gasteiger partial charge < -0.3 is 22.1 Å². The lowest BCUT2D eigenvalue weighted by Gasteiger charge is -2.13. The number of nitrogens with zero attached hydrogens (tertiary/aromatic N) is 10. The monoisotopic (exact) mass is 1800 g/mol. The van der Waals surface area contributed by atoms with Crippen LogP contribution in [-0.4, -0.2) is 24.9 Å². The number of furan rings is 5. The first-order valence-corrected chi connectivity index (χ1v) is 45.2. The molecular formula is C119H133N10O5+5. The molecule has 0 amide bonds. The van der Waals surface area contributed by atoms with Crippen LogP contribution in [0.2, 0.25) is 0 Å². The molecule has 15 heteroatoms. The third-order valence-corrected chi connectivity index (χ3v) is 25.5. The molecule has 0 N–H and O–H groups in total. The van der Waals surface area contributed by atoms with Crippen molar-refractivity contribution in [2.24, 2.45) is 35.2 Å². The minimum absolute atomic E-state index is 0.0134. The number of pyridine rings is 10. The Morgan fingerprint density at radius 1 is 0.269 bits per heavy atom. The maximum atomic E-state index is 8.66. The summed E-state index contributed by atoms with van der Waals surface area (Å²) in [5, 5.41) is 9.53. The van der Waals surface area contributed by atoms with Crippen LogP contribution in [0.1, 0.15) is 261 Å². The Morgan fingerprint density at radius 2 is 0.500 bits per heavy atom. The van der Waals surface area contributed by atoms with E-state index in [4.69, 9.17) is 50.9 Å². The largest absolute Gasteiger partial charge is 0.437 e. The summed E-state index contributed by atoms with van der Waals surface area (Å²) in [6, 6.07) is 49.4. The van der Waals surface area contributed by atoms with Gasteiger partial charge in [0.25, 0.3) is 0 Å². The lowest BCUT2D eigenvalue weighted by molar-refractivity contribution is -0.661. The molecule has 20 rings (SSSR count). The number of fused-ring (bicyclic) bond motifs is 15. The van der Waals surface area contributed by atoms with Crippen LogP contribution in [0, 0.1) is 69.2 Å². The van der Waals surface area contributed by atoms with Gasteiger partial charge in [0.05, 0.1) is 27.8 Å². The van der Waals surface area contributed by atoms with E-state index >= 15 is 0 Å². The summed E-state index contributed by atoms with van der Waals surface area (Å²) in [6.45, 7) is 33.7. The van der Waals surface area contributed by atoms with Crippen LogP contribution < -0.4 is 22.8 Å². The second-order valence-electron chi connectivity index (χ2n) is 35.8. The lowest BCUT2D eigenvalue weighted by Crippen LogP contribution is -2.32. The number of benzene rings is 5. The van der Waals surface area contributed by atoms with Gasteiger partial charge >= 0.3 is 0 Å². The Hall–Kier alpha value is -13.4. The first kappa shape index (κ1) is 70.3. The molecule has 134 heavy (non-hydrogen) atoms. The number of hydrogen-bond acceptors (Lipinski definition) is 10. The minimum Gasteiger partial charge on any atom is -0.437 e. The number of aryl methyl sites for hydroxylation is 21. The summed E-state index contributed by atoms with van der Waals surface area (Å²) in [5.74, 6) is -5.11. The molecule has 0 saturated heterocycles. The highest BCUT2D eigenvalue weighted by Gasteiger charge is 2.31. The van der Waals surface area contributed by atoms with Crippen LogP contribution in [-0.2, 0) is 73.5 Å². The normalized spacial score (nSPS) is 15.7. The zero-order valence-corrected chi connectivity index (χ0v) is 81.9. The van der Waals surface area contributed by atoms with E-state index in [1.54, 1.807) is 96.2 Å². The van der Waals surface area contributed by atoms with Crippen molar-refractivity contribution in [3.8, 4) is 56.3 Å². The van der Waals surface area contributed by atoms with Crippen LogP contribution in [0.15, 0.2) is 205 Å². The fourth-order valence-corrected chi connectivity index (χ4v) is 18.3. The minimum atomic E-state index is -2.88. The van der Waals surface area contributed by atoms with Crippen LogP contribution >= 0.6 is 0 Å². The molecule has 5 aromatic carbocycles. The predicted octanol–water partition coefficient (Wildman–Crippen LogP) is 28.3. The standard InChI is InChI=1S/4C24H27N2O.C23H25N2O/c3*1-7-17-13-26(6)21(12-20(17)14(2)3)22-15(4)8-10-18-19-11-9-16(5)25-24(19)27-23(18)22;1-7-17-12-21(26(6)13-20(17)14(2)3)22-15(4)8-10-18-19-11-9-16(5)25-24(19)27-23(18)22;1-6-16-12-20(25(5)13-17(16)7-2)21-14(3)8-10-18-19-11-9-15(4)24-23(19)26-22(18)21/h4*8-14H,7H2,1-6H3;8-13H,6-7H2,1-5H3/q5*+1/i1D3,7D2,14D;2*7D2,14D;2D3,7D2,14D;6D,7D2. The molecule has 2 atom stereocenters. The fraction of sp³-hybridized carbons (Fsp3) is 0.328. The molecule has 15 heterocycles. The molecular weight excluding hydrogens is 1650 g/mol. The van der Waals surface area contributed by atoms with E-state index in [1.807, 2.05) is 220 Å². The van der Waals surface area contributed by atoms with E-state index in [1.165, 1.54) is 40.8 Å². The Labute approximate surface area is 819 Å². The first-order chi connectivity index (χ1) is 71.6. The van der Waals surface area contributed by atoms with Crippen molar-refractivity contribution in [1.82, 2.24) is 24.9 Å². The second kappa shape index (κ2) is 38.3. The molecule has 0 spiro atoms. The van der Waals surface area contributed by atoms with Crippen LogP contribution in [0.3, 0.4) is 0 Å².